The Morgan fingerprint density at radius 3 is 1.45 bits per heavy atom. The second-order valence-electron chi connectivity index (χ2n) is 7.54. The first-order valence-electron chi connectivity index (χ1n) is 9.88. The first kappa shape index (κ1) is 21.1. The Morgan fingerprint density at radius 2 is 1.00 bits per heavy atom. The average Bonchev–Trinajstić information content (AvgIpc) is 3.12. The van der Waals surface area contributed by atoms with Crippen molar-refractivity contribution in [3.63, 3.8) is 0 Å². The SMILES string of the molecule is FC(F)(F)c1cc(-c2ccc(-n3c4ccccc4c4ccccc43)cc2)cc(C(F)(F)F)n1. The van der Waals surface area contributed by atoms with Crippen molar-refractivity contribution in [2.75, 3.05) is 0 Å². The van der Waals surface area contributed by atoms with Crippen molar-refractivity contribution in [1.82, 2.24) is 9.55 Å². The molecule has 5 aromatic rings. The van der Waals surface area contributed by atoms with Crippen molar-refractivity contribution in [2.24, 2.45) is 0 Å². The van der Waals surface area contributed by atoms with Gasteiger partial charge in [-0.15, -0.1) is 0 Å². The van der Waals surface area contributed by atoms with Crippen LogP contribution in [0.4, 0.5) is 26.3 Å². The lowest BCUT2D eigenvalue weighted by molar-refractivity contribution is -0.150. The number of hydrogen-bond donors (Lipinski definition) is 0. The summed E-state index contributed by atoms with van der Waals surface area (Å²) in [5, 5.41) is 2.08. The highest BCUT2D eigenvalue weighted by atomic mass is 19.4. The van der Waals surface area contributed by atoms with Crippen molar-refractivity contribution in [2.45, 2.75) is 12.4 Å². The van der Waals surface area contributed by atoms with E-state index in [4.69, 9.17) is 0 Å². The predicted molar refractivity (Wildman–Crippen MR) is 114 cm³/mol. The normalized spacial score (nSPS) is 12.5. The second-order valence-corrected chi connectivity index (χ2v) is 7.54. The van der Waals surface area contributed by atoms with Gasteiger partial charge in [0.1, 0.15) is 11.4 Å². The number of pyridine rings is 1. The number of hydrogen-bond acceptors (Lipinski definition) is 1. The van der Waals surface area contributed by atoms with E-state index in [0.717, 1.165) is 27.5 Å². The van der Waals surface area contributed by atoms with Gasteiger partial charge in [0.15, 0.2) is 0 Å². The first-order valence-corrected chi connectivity index (χ1v) is 9.88. The van der Waals surface area contributed by atoms with Gasteiger partial charge in [-0.2, -0.15) is 26.3 Å². The summed E-state index contributed by atoms with van der Waals surface area (Å²) < 4.78 is 81.0. The number of rotatable bonds is 2. The standard InChI is InChI=1S/C25H14F6N2/c26-24(27,28)22-13-16(14-23(32-22)25(29,30)31)15-9-11-17(12-10-15)33-20-7-3-1-5-18(20)19-6-2-4-8-21(19)33/h1-14H. The quantitative estimate of drug-likeness (QED) is 0.247. The molecule has 0 bridgehead atoms. The Labute approximate surface area is 183 Å². The highest BCUT2D eigenvalue weighted by Gasteiger charge is 2.38. The van der Waals surface area contributed by atoms with Gasteiger partial charge in [-0.05, 0) is 47.5 Å². The number of fused-ring (bicyclic) bond motifs is 3. The molecule has 5 rings (SSSR count). The summed E-state index contributed by atoms with van der Waals surface area (Å²) in [7, 11) is 0. The van der Waals surface area contributed by atoms with E-state index in [2.05, 4.69) is 4.98 Å². The van der Waals surface area contributed by atoms with Crippen molar-refractivity contribution < 1.29 is 26.3 Å². The lowest BCUT2D eigenvalue weighted by atomic mass is 10.0. The van der Waals surface area contributed by atoms with Crippen LogP contribution in [0.1, 0.15) is 11.4 Å². The Morgan fingerprint density at radius 1 is 0.545 bits per heavy atom. The van der Waals surface area contributed by atoms with Gasteiger partial charge in [0.05, 0.1) is 11.0 Å². The molecule has 0 unspecified atom stereocenters. The van der Waals surface area contributed by atoms with Crippen molar-refractivity contribution in [3.8, 4) is 16.8 Å². The summed E-state index contributed by atoms with van der Waals surface area (Å²) in [4.78, 5) is 2.77. The molecule has 0 saturated heterocycles. The van der Waals surface area contributed by atoms with Crippen molar-refractivity contribution in [1.29, 1.82) is 0 Å². The van der Waals surface area contributed by atoms with Crippen LogP contribution in [0.3, 0.4) is 0 Å². The van der Waals surface area contributed by atoms with Crippen LogP contribution in [0, 0.1) is 0 Å². The highest BCUT2D eigenvalue weighted by Crippen LogP contribution is 2.37. The molecular formula is C25H14F6N2. The van der Waals surface area contributed by atoms with Crippen LogP contribution < -0.4 is 0 Å². The van der Waals surface area contributed by atoms with E-state index >= 15 is 0 Å². The Balaban J connectivity index is 1.65. The largest absolute Gasteiger partial charge is 0.433 e. The molecule has 0 aliphatic carbocycles. The first-order chi connectivity index (χ1) is 15.6. The van der Waals surface area contributed by atoms with Gasteiger partial charge in [0.2, 0.25) is 0 Å². The molecule has 0 fully saturated rings. The van der Waals surface area contributed by atoms with Gasteiger partial charge in [0, 0.05) is 16.5 Å². The zero-order valence-electron chi connectivity index (χ0n) is 16.7. The zero-order valence-corrected chi connectivity index (χ0v) is 16.7. The molecule has 0 radical (unpaired) electrons. The second kappa shape index (κ2) is 7.37. The van der Waals surface area contributed by atoms with Gasteiger partial charge in [-0.3, -0.25) is 0 Å². The molecule has 3 aromatic carbocycles. The van der Waals surface area contributed by atoms with Gasteiger partial charge < -0.3 is 4.57 Å². The fourth-order valence-corrected chi connectivity index (χ4v) is 3.99. The van der Waals surface area contributed by atoms with Crippen molar-refractivity contribution >= 4 is 21.8 Å². The molecule has 0 atom stereocenters. The van der Waals surface area contributed by atoms with Crippen LogP contribution in [0.2, 0.25) is 0 Å². The minimum Gasteiger partial charge on any atom is -0.309 e. The minimum absolute atomic E-state index is 0.210. The topological polar surface area (TPSA) is 17.8 Å². The lowest BCUT2D eigenvalue weighted by Gasteiger charge is -2.14. The third-order valence-corrected chi connectivity index (χ3v) is 5.45. The third-order valence-electron chi connectivity index (χ3n) is 5.45. The molecule has 2 heterocycles. The van der Waals surface area contributed by atoms with E-state index in [1.807, 2.05) is 53.1 Å². The van der Waals surface area contributed by atoms with E-state index in [9.17, 15) is 26.3 Å². The highest BCUT2D eigenvalue weighted by molar-refractivity contribution is 6.09. The van der Waals surface area contributed by atoms with Crippen LogP contribution in [0.15, 0.2) is 84.9 Å². The monoisotopic (exact) mass is 456 g/mol. The fourth-order valence-electron chi connectivity index (χ4n) is 3.99. The van der Waals surface area contributed by atoms with E-state index in [-0.39, 0.29) is 11.1 Å². The van der Waals surface area contributed by atoms with Gasteiger partial charge in [-0.1, -0.05) is 48.5 Å². The maximum Gasteiger partial charge on any atom is 0.433 e. The number of halogens is 6. The van der Waals surface area contributed by atoms with Gasteiger partial charge >= 0.3 is 12.4 Å². The molecule has 0 aliphatic rings. The number of nitrogens with zero attached hydrogens (tertiary/aromatic N) is 2. The summed E-state index contributed by atoms with van der Waals surface area (Å²) in [6, 6.07) is 23.2. The summed E-state index contributed by atoms with van der Waals surface area (Å²) >= 11 is 0. The summed E-state index contributed by atoms with van der Waals surface area (Å²) in [6.07, 6.45) is -10.0. The molecule has 33 heavy (non-hydrogen) atoms. The molecule has 166 valence electrons. The predicted octanol–water partition coefficient (Wildman–Crippen LogP) is 7.88. The van der Waals surface area contributed by atoms with E-state index in [0.29, 0.717) is 12.1 Å². The van der Waals surface area contributed by atoms with E-state index in [1.54, 1.807) is 12.1 Å². The fraction of sp³-hybridized carbons (Fsp3) is 0.0800. The number of aromatic nitrogens is 2. The van der Waals surface area contributed by atoms with Gasteiger partial charge in [0.25, 0.3) is 0 Å². The maximum atomic E-state index is 13.2. The molecule has 0 spiro atoms. The van der Waals surface area contributed by atoms with Crippen LogP contribution in [0.25, 0.3) is 38.6 Å². The molecule has 0 N–H and O–H groups in total. The van der Waals surface area contributed by atoms with Crippen LogP contribution in [-0.2, 0) is 12.4 Å². The van der Waals surface area contributed by atoms with Crippen molar-refractivity contribution in [3.05, 3.63) is 96.3 Å². The Hall–Kier alpha value is -3.81. The molecule has 0 amide bonds. The number of benzene rings is 3. The molecule has 2 nitrogen and oxygen atoms in total. The van der Waals surface area contributed by atoms with Crippen LogP contribution in [0.5, 0.6) is 0 Å². The molecule has 0 aliphatic heterocycles. The molecular weight excluding hydrogens is 442 g/mol. The summed E-state index contributed by atoms with van der Waals surface area (Å²) in [6.45, 7) is 0. The molecule has 2 aromatic heterocycles. The van der Waals surface area contributed by atoms with Gasteiger partial charge in [-0.25, -0.2) is 4.98 Å². The Kier molecular flexibility index (Phi) is 4.70. The van der Waals surface area contributed by atoms with Crippen LogP contribution >= 0.6 is 0 Å². The number of alkyl halides is 6. The summed E-state index contributed by atoms with van der Waals surface area (Å²) in [5.74, 6) is 0. The zero-order chi connectivity index (χ0) is 23.4. The lowest BCUT2D eigenvalue weighted by Crippen LogP contribution is -2.15. The molecule has 0 saturated carbocycles. The van der Waals surface area contributed by atoms with E-state index < -0.39 is 23.7 Å². The third kappa shape index (κ3) is 3.71. The maximum absolute atomic E-state index is 13.2. The van der Waals surface area contributed by atoms with Crippen LogP contribution in [-0.4, -0.2) is 9.55 Å². The molecule has 8 heteroatoms. The summed E-state index contributed by atoms with van der Waals surface area (Å²) in [5.41, 5.74) is -0.547. The Bertz CT molecular complexity index is 1390. The average molecular weight is 456 g/mol. The number of para-hydroxylation sites is 2. The van der Waals surface area contributed by atoms with E-state index in [1.165, 1.54) is 12.1 Å². The smallest absolute Gasteiger partial charge is 0.309 e. The minimum atomic E-state index is -5.00.